The van der Waals surface area contributed by atoms with Crippen molar-refractivity contribution in [3.8, 4) is 0 Å². The highest BCUT2D eigenvalue weighted by Crippen LogP contribution is 2.11. The highest BCUT2D eigenvalue weighted by molar-refractivity contribution is 5.82. The van der Waals surface area contributed by atoms with E-state index in [1.807, 2.05) is 45.0 Å². The minimum Gasteiger partial charge on any atom is -0.362 e. The lowest BCUT2D eigenvalue weighted by Gasteiger charge is -2.10. The van der Waals surface area contributed by atoms with Crippen molar-refractivity contribution in [3.05, 3.63) is 57.6 Å². The molecular weight excluding hydrogens is 290 g/mol. The van der Waals surface area contributed by atoms with E-state index in [0.717, 1.165) is 17.0 Å². The van der Waals surface area contributed by atoms with Crippen LogP contribution in [0.4, 0.5) is 5.95 Å². The number of hydrogen-bond donors (Lipinski definition) is 2. The van der Waals surface area contributed by atoms with Gasteiger partial charge in [-0.05, 0) is 39.0 Å². The van der Waals surface area contributed by atoms with Gasteiger partial charge in [-0.3, -0.25) is 9.36 Å². The zero-order valence-electron chi connectivity index (χ0n) is 13.4. The van der Waals surface area contributed by atoms with Crippen molar-refractivity contribution in [2.75, 3.05) is 5.43 Å². The van der Waals surface area contributed by atoms with Crippen LogP contribution >= 0.6 is 0 Å². The Kier molecular flexibility index (Phi) is 3.97. The molecule has 6 nitrogen and oxygen atoms in total. The first-order valence-electron chi connectivity index (χ1n) is 7.55. The standard InChI is InChI=1S/C17H19N5O/c1-4-22-16(23)14-7-5-6-8-15(14)20-17(22)21-18-10-13-9-11(2)19-12(13)3/h5-10,19H,4H2,1-3H3,(H,20,21)/b18-10+. The zero-order valence-corrected chi connectivity index (χ0v) is 13.4. The summed E-state index contributed by atoms with van der Waals surface area (Å²) in [6.07, 6.45) is 1.72. The van der Waals surface area contributed by atoms with E-state index < -0.39 is 0 Å². The van der Waals surface area contributed by atoms with Crippen LogP contribution in [0.25, 0.3) is 10.9 Å². The van der Waals surface area contributed by atoms with Gasteiger partial charge >= 0.3 is 0 Å². The quantitative estimate of drug-likeness (QED) is 0.575. The number of aryl methyl sites for hydroxylation is 2. The van der Waals surface area contributed by atoms with Gasteiger partial charge in [-0.25, -0.2) is 10.4 Å². The lowest BCUT2D eigenvalue weighted by Crippen LogP contribution is -2.23. The highest BCUT2D eigenvalue weighted by Gasteiger charge is 2.08. The number of benzene rings is 1. The van der Waals surface area contributed by atoms with E-state index in [9.17, 15) is 4.79 Å². The average molecular weight is 309 g/mol. The maximum absolute atomic E-state index is 12.5. The number of H-pyrrole nitrogens is 1. The van der Waals surface area contributed by atoms with E-state index in [2.05, 4.69) is 20.5 Å². The van der Waals surface area contributed by atoms with E-state index in [1.165, 1.54) is 0 Å². The van der Waals surface area contributed by atoms with Gasteiger partial charge in [-0.1, -0.05) is 12.1 Å². The van der Waals surface area contributed by atoms with Crippen LogP contribution in [-0.2, 0) is 6.54 Å². The average Bonchev–Trinajstić information content (AvgIpc) is 2.85. The molecule has 0 saturated carbocycles. The molecular formula is C17H19N5O. The molecule has 2 heterocycles. The molecule has 0 aliphatic heterocycles. The Hall–Kier alpha value is -2.89. The summed E-state index contributed by atoms with van der Waals surface area (Å²) in [5.74, 6) is 0.442. The second-order valence-corrected chi connectivity index (χ2v) is 5.40. The van der Waals surface area contributed by atoms with Gasteiger partial charge in [0.1, 0.15) is 0 Å². The highest BCUT2D eigenvalue weighted by atomic mass is 16.1. The van der Waals surface area contributed by atoms with Gasteiger partial charge in [0.05, 0.1) is 17.1 Å². The fraction of sp³-hybridized carbons (Fsp3) is 0.235. The Morgan fingerprint density at radius 2 is 2.13 bits per heavy atom. The number of aromatic amines is 1. The molecule has 0 saturated heterocycles. The first-order valence-corrected chi connectivity index (χ1v) is 7.55. The van der Waals surface area contributed by atoms with Crippen LogP contribution in [0.1, 0.15) is 23.9 Å². The Bertz CT molecular complexity index is 936. The largest absolute Gasteiger partial charge is 0.362 e. The van der Waals surface area contributed by atoms with Gasteiger partial charge in [-0.2, -0.15) is 5.10 Å². The third-order valence-electron chi connectivity index (χ3n) is 3.74. The van der Waals surface area contributed by atoms with E-state index in [-0.39, 0.29) is 5.56 Å². The second-order valence-electron chi connectivity index (χ2n) is 5.40. The van der Waals surface area contributed by atoms with E-state index in [4.69, 9.17) is 0 Å². The number of para-hydroxylation sites is 1. The number of aromatic nitrogens is 3. The lowest BCUT2D eigenvalue weighted by atomic mass is 10.2. The fourth-order valence-electron chi connectivity index (χ4n) is 2.59. The van der Waals surface area contributed by atoms with Crippen LogP contribution in [0.5, 0.6) is 0 Å². The molecule has 1 aromatic carbocycles. The molecule has 0 amide bonds. The van der Waals surface area contributed by atoms with E-state index >= 15 is 0 Å². The molecule has 0 aliphatic rings. The molecule has 6 heteroatoms. The molecule has 0 bridgehead atoms. The summed E-state index contributed by atoms with van der Waals surface area (Å²) in [6, 6.07) is 9.33. The Morgan fingerprint density at radius 1 is 1.35 bits per heavy atom. The number of nitrogens with one attached hydrogen (secondary N) is 2. The molecule has 3 aromatic rings. The number of hydrazone groups is 1. The summed E-state index contributed by atoms with van der Waals surface area (Å²) in [7, 11) is 0. The van der Waals surface area contributed by atoms with Crippen molar-refractivity contribution in [1.82, 2.24) is 14.5 Å². The Balaban J connectivity index is 1.96. The monoisotopic (exact) mass is 309 g/mol. The van der Waals surface area contributed by atoms with Gasteiger partial charge in [0.25, 0.3) is 5.56 Å². The van der Waals surface area contributed by atoms with Crippen LogP contribution in [0, 0.1) is 13.8 Å². The van der Waals surface area contributed by atoms with Crippen molar-refractivity contribution < 1.29 is 0 Å². The number of anilines is 1. The Morgan fingerprint density at radius 3 is 2.83 bits per heavy atom. The SMILES string of the molecule is CCn1c(N/N=C/c2cc(C)[nH]c2C)nc2ccccc2c1=O. The maximum atomic E-state index is 12.5. The van der Waals surface area contributed by atoms with Crippen LogP contribution in [0.2, 0.25) is 0 Å². The molecule has 2 N–H and O–H groups in total. The minimum atomic E-state index is -0.0653. The number of rotatable bonds is 4. The summed E-state index contributed by atoms with van der Waals surface area (Å²) in [5.41, 5.74) is 6.62. The third kappa shape index (κ3) is 2.88. The summed E-state index contributed by atoms with van der Waals surface area (Å²) in [4.78, 5) is 20.2. The van der Waals surface area contributed by atoms with Crippen molar-refractivity contribution >= 4 is 23.1 Å². The normalized spacial score (nSPS) is 11.4. The topological polar surface area (TPSA) is 75.1 Å². The van der Waals surface area contributed by atoms with Gasteiger partial charge in [0.2, 0.25) is 5.95 Å². The predicted molar refractivity (Wildman–Crippen MR) is 93.2 cm³/mol. The van der Waals surface area contributed by atoms with Crippen LogP contribution in [0.3, 0.4) is 0 Å². The second kappa shape index (κ2) is 6.08. The molecule has 0 unspecified atom stereocenters. The molecule has 118 valence electrons. The molecule has 3 rings (SSSR count). The van der Waals surface area contributed by atoms with Crippen LogP contribution < -0.4 is 11.0 Å². The molecule has 0 aliphatic carbocycles. The molecule has 0 atom stereocenters. The molecule has 23 heavy (non-hydrogen) atoms. The van der Waals surface area contributed by atoms with Crippen molar-refractivity contribution in [2.45, 2.75) is 27.3 Å². The van der Waals surface area contributed by atoms with Crippen LogP contribution in [-0.4, -0.2) is 20.7 Å². The summed E-state index contributed by atoms with van der Waals surface area (Å²) in [5, 5.41) is 4.84. The summed E-state index contributed by atoms with van der Waals surface area (Å²) in [6.45, 7) is 6.42. The van der Waals surface area contributed by atoms with E-state index in [0.29, 0.717) is 23.4 Å². The first kappa shape index (κ1) is 15.0. The molecule has 0 spiro atoms. The number of nitrogens with zero attached hydrogens (tertiary/aromatic N) is 3. The van der Waals surface area contributed by atoms with Gasteiger partial charge in [0.15, 0.2) is 0 Å². The smallest absolute Gasteiger partial charge is 0.262 e. The molecule has 0 radical (unpaired) electrons. The van der Waals surface area contributed by atoms with Crippen molar-refractivity contribution in [1.29, 1.82) is 0 Å². The number of hydrogen-bond acceptors (Lipinski definition) is 4. The summed E-state index contributed by atoms with van der Waals surface area (Å²) >= 11 is 0. The fourth-order valence-corrected chi connectivity index (χ4v) is 2.59. The minimum absolute atomic E-state index is 0.0653. The summed E-state index contributed by atoms with van der Waals surface area (Å²) < 4.78 is 1.58. The first-order chi connectivity index (χ1) is 11.1. The maximum Gasteiger partial charge on any atom is 0.262 e. The van der Waals surface area contributed by atoms with Gasteiger partial charge in [0, 0.05) is 23.5 Å². The van der Waals surface area contributed by atoms with Crippen molar-refractivity contribution in [3.63, 3.8) is 0 Å². The lowest BCUT2D eigenvalue weighted by molar-refractivity contribution is 0.724. The van der Waals surface area contributed by atoms with E-state index in [1.54, 1.807) is 16.8 Å². The zero-order chi connectivity index (χ0) is 16.4. The van der Waals surface area contributed by atoms with Crippen molar-refractivity contribution in [2.24, 2.45) is 5.10 Å². The predicted octanol–water partition coefficient (Wildman–Crippen LogP) is 2.81. The molecule has 2 aromatic heterocycles. The number of fused-ring (bicyclic) bond motifs is 1. The van der Waals surface area contributed by atoms with Gasteiger partial charge < -0.3 is 4.98 Å². The van der Waals surface area contributed by atoms with Gasteiger partial charge in [-0.15, -0.1) is 0 Å². The van der Waals surface area contributed by atoms with Crippen LogP contribution in [0.15, 0.2) is 40.2 Å². The Labute approximate surface area is 133 Å². The molecule has 0 fully saturated rings. The third-order valence-corrected chi connectivity index (χ3v) is 3.74.